The Kier molecular flexibility index (Phi) is 4.24. The van der Waals surface area contributed by atoms with Gasteiger partial charge in [0.25, 0.3) is 5.91 Å². The SMILES string of the molecule is Cc1ccc(-c2nonc2NC(=O)c2ccnc(N(C)C)c2)cc1. The monoisotopic (exact) mass is 323 g/mol. The molecule has 7 heteroatoms. The highest BCUT2D eigenvalue weighted by Crippen LogP contribution is 2.25. The smallest absolute Gasteiger partial charge is 0.257 e. The van der Waals surface area contributed by atoms with Crippen LogP contribution in [-0.2, 0) is 0 Å². The third-order valence-corrected chi connectivity index (χ3v) is 3.51. The van der Waals surface area contributed by atoms with Crippen LogP contribution in [0.25, 0.3) is 11.3 Å². The molecule has 1 N–H and O–H groups in total. The number of aryl methyl sites for hydroxylation is 1. The van der Waals surface area contributed by atoms with E-state index in [9.17, 15) is 4.79 Å². The molecule has 1 amide bonds. The van der Waals surface area contributed by atoms with Gasteiger partial charge in [-0.05, 0) is 29.4 Å². The van der Waals surface area contributed by atoms with Crippen molar-refractivity contribution in [2.75, 3.05) is 24.3 Å². The van der Waals surface area contributed by atoms with Crippen LogP contribution in [0.1, 0.15) is 15.9 Å². The van der Waals surface area contributed by atoms with Crippen LogP contribution in [0.2, 0.25) is 0 Å². The van der Waals surface area contributed by atoms with Gasteiger partial charge in [0.2, 0.25) is 5.82 Å². The number of benzene rings is 1. The first kappa shape index (κ1) is 15.7. The van der Waals surface area contributed by atoms with Crippen molar-refractivity contribution in [3.05, 3.63) is 53.7 Å². The largest absolute Gasteiger partial charge is 0.363 e. The van der Waals surface area contributed by atoms with Crippen LogP contribution in [0.3, 0.4) is 0 Å². The van der Waals surface area contributed by atoms with Crippen LogP contribution in [0.15, 0.2) is 47.2 Å². The summed E-state index contributed by atoms with van der Waals surface area (Å²) >= 11 is 0. The van der Waals surface area contributed by atoms with E-state index in [1.165, 1.54) is 0 Å². The van der Waals surface area contributed by atoms with Crippen molar-refractivity contribution in [3.63, 3.8) is 0 Å². The summed E-state index contributed by atoms with van der Waals surface area (Å²) in [4.78, 5) is 18.5. The van der Waals surface area contributed by atoms with Crippen molar-refractivity contribution in [2.45, 2.75) is 6.92 Å². The molecule has 122 valence electrons. The van der Waals surface area contributed by atoms with E-state index in [-0.39, 0.29) is 11.7 Å². The summed E-state index contributed by atoms with van der Waals surface area (Å²) < 4.78 is 4.79. The number of nitrogens with zero attached hydrogens (tertiary/aromatic N) is 4. The molecule has 0 aliphatic heterocycles. The predicted molar refractivity (Wildman–Crippen MR) is 91.0 cm³/mol. The minimum atomic E-state index is -0.301. The Labute approximate surface area is 139 Å². The molecule has 0 saturated heterocycles. The van der Waals surface area contributed by atoms with Gasteiger partial charge in [-0.25, -0.2) is 9.61 Å². The number of hydrogen-bond acceptors (Lipinski definition) is 6. The minimum absolute atomic E-state index is 0.284. The number of anilines is 2. The summed E-state index contributed by atoms with van der Waals surface area (Å²) in [7, 11) is 3.72. The van der Waals surface area contributed by atoms with Crippen molar-refractivity contribution in [2.24, 2.45) is 0 Å². The highest BCUT2D eigenvalue weighted by Gasteiger charge is 2.16. The molecule has 2 heterocycles. The zero-order valence-corrected chi connectivity index (χ0v) is 13.6. The summed E-state index contributed by atoms with van der Waals surface area (Å²) in [6.45, 7) is 2.00. The molecule has 1 aromatic carbocycles. The van der Waals surface area contributed by atoms with Crippen molar-refractivity contribution < 1.29 is 9.42 Å². The van der Waals surface area contributed by atoms with E-state index in [2.05, 4.69) is 20.6 Å². The predicted octanol–water partition coefficient (Wildman–Crippen LogP) is 2.76. The van der Waals surface area contributed by atoms with Crippen molar-refractivity contribution in [3.8, 4) is 11.3 Å². The van der Waals surface area contributed by atoms with E-state index < -0.39 is 0 Å². The van der Waals surface area contributed by atoms with E-state index >= 15 is 0 Å². The maximum Gasteiger partial charge on any atom is 0.257 e. The zero-order chi connectivity index (χ0) is 17.1. The Morgan fingerprint density at radius 3 is 2.58 bits per heavy atom. The first-order chi connectivity index (χ1) is 11.5. The van der Waals surface area contributed by atoms with E-state index in [4.69, 9.17) is 4.63 Å². The topological polar surface area (TPSA) is 84.2 Å². The number of hydrogen-bond donors (Lipinski definition) is 1. The Bertz CT molecular complexity index is 855. The van der Waals surface area contributed by atoms with Crippen molar-refractivity contribution in [1.29, 1.82) is 0 Å². The van der Waals surface area contributed by atoms with Gasteiger partial charge >= 0.3 is 0 Å². The lowest BCUT2D eigenvalue weighted by Gasteiger charge is -2.11. The molecule has 0 unspecified atom stereocenters. The minimum Gasteiger partial charge on any atom is -0.363 e. The van der Waals surface area contributed by atoms with E-state index in [1.54, 1.807) is 18.3 Å². The quantitative estimate of drug-likeness (QED) is 0.795. The molecule has 2 aromatic heterocycles. The maximum atomic E-state index is 12.5. The number of pyridine rings is 1. The molecule has 24 heavy (non-hydrogen) atoms. The molecule has 7 nitrogen and oxygen atoms in total. The summed E-state index contributed by atoms with van der Waals surface area (Å²) in [6, 6.07) is 11.1. The fourth-order valence-corrected chi connectivity index (χ4v) is 2.16. The fourth-order valence-electron chi connectivity index (χ4n) is 2.16. The molecule has 3 rings (SSSR count). The van der Waals surface area contributed by atoms with Crippen LogP contribution in [0, 0.1) is 6.92 Å². The molecule has 3 aromatic rings. The van der Waals surface area contributed by atoms with Crippen LogP contribution in [0.4, 0.5) is 11.6 Å². The van der Waals surface area contributed by atoms with E-state index in [0.29, 0.717) is 17.1 Å². The number of carbonyl (C=O) groups excluding carboxylic acids is 1. The van der Waals surface area contributed by atoms with Gasteiger partial charge in [0.15, 0.2) is 5.69 Å². The first-order valence-corrected chi connectivity index (χ1v) is 7.39. The van der Waals surface area contributed by atoms with Gasteiger partial charge in [0.1, 0.15) is 5.82 Å². The van der Waals surface area contributed by atoms with Gasteiger partial charge < -0.3 is 10.2 Å². The summed E-state index contributed by atoms with van der Waals surface area (Å²) in [6.07, 6.45) is 1.59. The highest BCUT2D eigenvalue weighted by atomic mass is 16.6. The molecular weight excluding hydrogens is 306 g/mol. The second kappa shape index (κ2) is 6.49. The van der Waals surface area contributed by atoms with Crippen molar-refractivity contribution in [1.82, 2.24) is 15.3 Å². The molecule has 0 atom stereocenters. The van der Waals surface area contributed by atoms with Crippen LogP contribution in [-0.4, -0.2) is 35.3 Å². The molecule has 0 radical (unpaired) electrons. The molecule has 0 spiro atoms. The van der Waals surface area contributed by atoms with Gasteiger partial charge in [-0.15, -0.1) is 0 Å². The zero-order valence-electron chi connectivity index (χ0n) is 13.6. The number of aromatic nitrogens is 3. The van der Waals surface area contributed by atoms with Crippen LogP contribution >= 0.6 is 0 Å². The van der Waals surface area contributed by atoms with Crippen LogP contribution in [0.5, 0.6) is 0 Å². The van der Waals surface area contributed by atoms with E-state index in [0.717, 1.165) is 11.1 Å². The molecule has 0 saturated carbocycles. The average molecular weight is 323 g/mol. The number of carbonyl (C=O) groups is 1. The lowest BCUT2D eigenvalue weighted by atomic mass is 10.1. The van der Waals surface area contributed by atoms with Gasteiger partial charge in [0.05, 0.1) is 0 Å². The van der Waals surface area contributed by atoms with Gasteiger partial charge in [-0.3, -0.25) is 4.79 Å². The third-order valence-electron chi connectivity index (χ3n) is 3.51. The molecular formula is C17H17N5O2. The normalized spacial score (nSPS) is 10.5. The lowest BCUT2D eigenvalue weighted by Crippen LogP contribution is -2.15. The Hall–Kier alpha value is -3.22. The summed E-state index contributed by atoms with van der Waals surface area (Å²) in [5.74, 6) is 0.677. The highest BCUT2D eigenvalue weighted by molar-refractivity contribution is 6.05. The molecule has 0 aliphatic rings. The molecule has 0 bridgehead atoms. The van der Waals surface area contributed by atoms with Crippen molar-refractivity contribution >= 4 is 17.5 Å². The summed E-state index contributed by atoms with van der Waals surface area (Å²) in [5.41, 5.74) is 2.92. The standard InChI is InChI=1S/C17H17N5O2/c1-11-4-6-12(7-5-11)15-16(21-24-20-15)19-17(23)13-8-9-18-14(10-13)22(2)3/h4-10H,1-3H3,(H,19,21,23). The van der Waals surface area contributed by atoms with Gasteiger partial charge in [-0.2, -0.15) is 0 Å². The maximum absolute atomic E-state index is 12.5. The van der Waals surface area contributed by atoms with Crippen LogP contribution < -0.4 is 10.2 Å². The second-order valence-corrected chi connectivity index (χ2v) is 5.58. The van der Waals surface area contributed by atoms with Gasteiger partial charge in [-0.1, -0.05) is 29.8 Å². The number of nitrogens with one attached hydrogen (secondary N) is 1. The molecule has 0 fully saturated rings. The van der Waals surface area contributed by atoms with E-state index in [1.807, 2.05) is 50.2 Å². The van der Waals surface area contributed by atoms with Gasteiger partial charge in [0, 0.05) is 31.4 Å². The second-order valence-electron chi connectivity index (χ2n) is 5.58. The Morgan fingerprint density at radius 2 is 1.88 bits per heavy atom. The Balaban J connectivity index is 1.84. The molecule has 0 aliphatic carbocycles. The number of rotatable bonds is 4. The number of amides is 1. The average Bonchev–Trinajstić information content (AvgIpc) is 3.03. The lowest BCUT2D eigenvalue weighted by molar-refractivity contribution is 0.102. The summed E-state index contributed by atoms with van der Waals surface area (Å²) in [5, 5.41) is 10.4. The third kappa shape index (κ3) is 3.24. The Morgan fingerprint density at radius 1 is 1.12 bits per heavy atom. The fraction of sp³-hybridized carbons (Fsp3) is 0.176. The first-order valence-electron chi connectivity index (χ1n) is 7.39.